The van der Waals surface area contributed by atoms with Crippen LogP contribution < -0.4 is 10.1 Å². The Morgan fingerprint density at radius 1 is 1.32 bits per heavy atom. The van der Waals surface area contributed by atoms with E-state index in [-0.39, 0.29) is 5.91 Å². The molecule has 1 saturated carbocycles. The molecule has 0 saturated heterocycles. The fraction of sp³-hybridized carbons (Fsp3) is 0.611. The largest absolute Gasteiger partial charge is 0.492 e. The zero-order chi connectivity index (χ0) is 15.8. The molecule has 0 atom stereocenters. The van der Waals surface area contributed by atoms with E-state index in [0.717, 1.165) is 25.1 Å². The quantitative estimate of drug-likeness (QED) is 0.842. The van der Waals surface area contributed by atoms with Crippen LogP contribution in [0.3, 0.4) is 0 Å². The van der Waals surface area contributed by atoms with Gasteiger partial charge >= 0.3 is 0 Å². The first-order valence-electron chi connectivity index (χ1n) is 8.31. The minimum absolute atomic E-state index is 0.130. The van der Waals surface area contributed by atoms with Crippen molar-refractivity contribution in [2.24, 2.45) is 0 Å². The van der Waals surface area contributed by atoms with Crippen LogP contribution in [0.5, 0.6) is 5.75 Å². The molecule has 1 N–H and O–H groups in total. The third kappa shape index (κ3) is 6.06. The molecule has 22 heavy (non-hydrogen) atoms. The highest BCUT2D eigenvalue weighted by molar-refractivity contribution is 5.78. The van der Waals surface area contributed by atoms with Gasteiger partial charge in [0, 0.05) is 12.6 Å². The monoisotopic (exact) mass is 304 g/mol. The van der Waals surface area contributed by atoms with Crippen LogP contribution in [0.25, 0.3) is 0 Å². The van der Waals surface area contributed by atoms with Gasteiger partial charge in [0.05, 0.1) is 6.54 Å². The van der Waals surface area contributed by atoms with Crippen molar-refractivity contribution >= 4 is 5.91 Å². The zero-order valence-corrected chi connectivity index (χ0v) is 13.8. The highest BCUT2D eigenvalue weighted by Crippen LogP contribution is 2.17. The molecule has 4 heteroatoms. The molecule has 2 rings (SSSR count). The summed E-state index contributed by atoms with van der Waals surface area (Å²) in [5.74, 6) is 1.02. The summed E-state index contributed by atoms with van der Waals surface area (Å²) in [7, 11) is 1.96. The van der Waals surface area contributed by atoms with Crippen LogP contribution in [0.4, 0.5) is 0 Å². The second-order valence-electron chi connectivity index (χ2n) is 6.31. The van der Waals surface area contributed by atoms with Gasteiger partial charge in [-0.05, 0) is 44.5 Å². The molecule has 4 nitrogen and oxygen atoms in total. The maximum atomic E-state index is 12.0. The van der Waals surface area contributed by atoms with Gasteiger partial charge in [-0.3, -0.25) is 9.69 Å². The van der Waals surface area contributed by atoms with E-state index >= 15 is 0 Å². The highest BCUT2D eigenvalue weighted by atomic mass is 16.5. The van der Waals surface area contributed by atoms with Crippen molar-refractivity contribution in [3.05, 3.63) is 29.8 Å². The number of carbonyl (C=O) groups excluding carboxylic acids is 1. The van der Waals surface area contributed by atoms with E-state index in [1.807, 2.05) is 30.1 Å². The van der Waals surface area contributed by atoms with Gasteiger partial charge in [-0.2, -0.15) is 0 Å². The Labute approximate surface area is 133 Å². The van der Waals surface area contributed by atoms with Crippen molar-refractivity contribution in [2.75, 3.05) is 26.7 Å². The zero-order valence-electron chi connectivity index (χ0n) is 13.8. The smallest absolute Gasteiger partial charge is 0.234 e. The van der Waals surface area contributed by atoms with Crippen LogP contribution in [0.2, 0.25) is 0 Å². The molecule has 1 amide bonds. The normalized spacial score (nSPS) is 15.8. The van der Waals surface area contributed by atoms with Crippen molar-refractivity contribution in [1.82, 2.24) is 10.2 Å². The van der Waals surface area contributed by atoms with Crippen molar-refractivity contribution in [3.8, 4) is 5.75 Å². The highest BCUT2D eigenvalue weighted by Gasteiger charge is 2.16. The first-order chi connectivity index (χ1) is 10.6. The number of hydrogen-bond donors (Lipinski definition) is 1. The van der Waals surface area contributed by atoms with Crippen LogP contribution in [-0.2, 0) is 4.79 Å². The first kappa shape index (κ1) is 16.8. The standard InChI is InChI=1S/C18H28N2O2/c1-15-7-6-10-17(13-15)22-12-11-20(2)14-18(21)19-16-8-4-3-5-9-16/h6-7,10,13,16H,3-5,8-9,11-12,14H2,1-2H3,(H,19,21). The van der Waals surface area contributed by atoms with Gasteiger partial charge < -0.3 is 10.1 Å². The van der Waals surface area contributed by atoms with Gasteiger partial charge in [-0.25, -0.2) is 0 Å². The van der Waals surface area contributed by atoms with E-state index in [2.05, 4.69) is 18.3 Å². The summed E-state index contributed by atoms with van der Waals surface area (Å²) in [6, 6.07) is 8.41. The maximum Gasteiger partial charge on any atom is 0.234 e. The molecule has 0 unspecified atom stereocenters. The number of rotatable bonds is 7. The summed E-state index contributed by atoms with van der Waals surface area (Å²) in [5.41, 5.74) is 1.19. The molecule has 0 spiro atoms. The third-order valence-corrected chi connectivity index (χ3v) is 4.12. The minimum Gasteiger partial charge on any atom is -0.492 e. The van der Waals surface area contributed by atoms with Gasteiger partial charge in [0.1, 0.15) is 12.4 Å². The minimum atomic E-state index is 0.130. The lowest BCUT2D eigenvalue weighted by atomic mass is 9.95. The van der Waals surface area contributed by atoms with Gasteiger partial charge in [0.25, 0.3) is 0 Å². The molecule has 0 radical (unpaired) electrons. The Kier molecular flexibility index (Phi) is 6.72. The number of hydrogen-bond acceptors (Lipinski definition) is 3. The van der Waals surface area contributed by atoms with Gasteiger partial charge in [-0.15, -0.1) is 0 Å². The predicted octanol–water partition coefficient (Wildman–Crippen LogP) is 2.75. The van der Waals surface area contributed by atoms with E-state index in [1.165, 1.54) is 24.8 Å². The molecule has 122 valence electrons. The van der Waals surface area contributed by atoms with Crippen molar-refractivity contribution in [2.45, 2.75) is 45.1 Å². The lowest BCUT2D eigenvalue weighted by molar-refractivity contribution is -0.122. The first-order valence-corrected chi connectivity index (χ1v) is 8.31. The van der Waals surface area contributed by atoms with E-state index < -0.39 is 0 Å². The van der Waals surface area contributed by atoms with Crippen LogP contribution in [0, 0.1) is 6.92 Å². The average molecular weight is 304 g/mol. The number of ether oxygens (including phenoxy) is 1. The van der Waals surface area contributed by atoms with Crippen molar-refractivity contribution in [1.29, 1.82) is 0 Å². The maximum absolute atomic E-state index is 12.0. The van der Waals surface area contributed by atoms with Gasteiger partial charge in [0.2, 0.25) is 5.91 Å². The van der Waals surface area contributed by atoms with E-state index in [0.29, 0.717) is 19.2 Å². The Morgan fingerprint density at radius 2 is 2.09 bits per heavy atom. The van der Waals surface area contributed by atoms with Gasteiger partial charge in [0.15, 0.2) is 0 Å². The summed E-state index contributed by atoms with van der Waals surface area (Å²) in [4.78, 5) is 14.0. The third-order valence-electron chi connectivity index (χ3n) is 4.12. The number of likely N-dealkylation sites (N-methyl/N-ethyl adjacent to an activating group) is 1. The van der Waals surface area contributed by atoms with Crippen molar-refractivity contribution < 1.29 is 9.53 Å². The van der Waals surface area contributed by atoms with Crippen LogP contribution in [0.15, 0.2) is 24.3 Å². The predicted molar refractivity (Wildman–Crippen MR) is 89.2 cm³/mol. The molecule has 0 bridgehead atoms. The van der Waals surface area contributed by atoms with Crippen LogP contribution in [0.1, 0.15) is 37.7 Å². The number of nitrogens with zero attached hydrogens (tertiary/aromatic N) is 1. The van der Waals surface area contributed by atoms with E-state index in [4.69, 9.17) is 4.74 Å². The average Bonchev–Trinajstić information content (AvgIpc) is 2.48. The summed E-state index contributed by atoms with van der Waals surface area (Å²) in [5, 5.41) is 3.14. The Bertz CT molecular complexity index is 470. The molecule has 0 heterocycles. The number of carbonyl (C=O) groups is 1. The Balaban J connectivity index is 1.62. The fourth-order valence-electron chi connectivity index (χ4n) is 2.87. The number of amides is 1. The molecule has 1 fully saturated rings. The lowest BCUT2D eigenvalue weighted by Gasteiger charge is -2.24. The van der Waals surface area contributed by atoms with E-state index in [9.17, 15) is 4.79 Å². The Hall–Kier alpha value is -1.55. The molecule has 1 aliphatic carbocycles. The Morgan fingerprint density at radius 3 is 2.82 bits per heavy atom. The number of aryl methyl sites for hydroxylation is 1. The topological polar surface area (TPSA) is 41.6 Å². The molecular formula is C18H28N2O2. The molecular weight excluding hydrogens is 276 g/mol. The summed E-state index contributed by atoms with van der Waals surface area (Å²) >= 11 is 0. The number of benzene rings is 1. The lowest BCUT2D eigenvalue weighted by Crippen LogP contribution is -2.42. The molecule has 1 aromatic carbocycles. The second-order valence-corrected chi connectivity index (χ2v) is 6.31. The van der Waals surface area contributed by atoms with Crippen LogP contribution in [-0.4, -0.2) is 43.6 Å². The molecule has 0 aliphatic heterocycles. The van der Waals surface area contributed by atoms with Gasteiger partial charge in [-0.1, -0.05) is 31.4 Å². The SMILES string of the molecule is Cc1cccc(OCCN(C)CC(=O)NC2CCCCC2)c1. The molecule has 1 aromatic rings. The fourth-order valence-corrected chi connectivity index (χ4v) is 2.87. The molecule has 0 aromatic heterocycles. The number of nitrogens with one attached hydrogen (secondary N) is 1. The van der Waals surface area contributed by atoms with Crippen molar-refractivity contribution in [3.63, 3.8) is 0 Å². The summed E-state index contributed by atoms with van der Waals surface area (Å²) in [6.07, 6.45) is 6.05. The van der Waals surface area contributed by atoms with Crippen LogP contribution >= 0.6 is 0 Å². The summed E-state index contributed by atoms with van der Waals surface area (Å²) in [6.45, 7) is 3.82. The molecule has 1 aliphatic rings. The second kappa shape index (κ2) is 8.79. The summed E-state index contributed by atoms with van der Waals surface area (Å²) < 4.78 is 5.72. The van der Waals surface area contributed by atoms with E-state index in [1.54, 1.807) is 0 Å².